The summed E-state index contributed by atoms with van der Waals surface area (Å²) in [7, 11) is -3.97. The quantitative estimate of drug-likeness (QED) is 0.494. The van der Waals surface area contributed by atoms with Gasteiger partial charge >= 0.3 is 0 Å². The van der Waals surface area contributed by atoms with E-state index in [1.165, 1.54) is 0 Å². The lowest BCUT2D eigenvalue weighted by molar-refractivity contribution is -0.118. The number of halogens is 2. The molecule has 0 saturated heterocycles. The molecule has 0 atom stereocenters. The third-order valence-electron chi connectivity index (χ3n) is 2.48. The predicted octanol–water partition coefficient (Wildman–Crippen LogP) is 1.10. The van der Waals surface area contributed by atoms with Gasteiger partial charge in [-0.1, -0.05) is 0 Å². The van der Waals surface area contributed by atoms with Crippen molar-refractivity contribution in [2.45, 2.75) is 24.2 Å². The molecule has 6 nitrogen and oxygen atoms in total. The topological polar surface area (TPSA) is 115 Å². The zero-order valence-electron chi connectivity index (χ0n) is 10.5. The molecule has 0 fully saturated rings. The molecule has 5 N–H and O–H groups in total. The first-order chi connectivity index (χ1) is 9.24. The van der Waals surface area contributed by atoms with E-state index in [-0.39, 0.29) is 23.1 Å². The Labute approximate surface area is 124 Å². The molecule has 9 heteroatoms. The van der Waals surface area contributed by atoms with Crippen molar-refractivity contribution in [3.63, 3.8) is 0 Å². The summed E-state index contributed by atoms with van der Waals surface area (Å²) in [6.07, 6.45) is 1.07. The maximum Gasteiger partial charge on any atom is 0.243 e. The first kappa shape index (κ1) is 16.9. The smallest absolute Gasteiger partial charge is 0.243 e. The van der Waals surface area contributed by atoms with Crippen LogP contribution >= 0.6 is 15.9 Å². The summed E-state index contributed by atoms with van der Waals surface area (Å²) in [5.41, 5.74) is 10.6. The summed E-state index contributed by atoms with van der Waals surface area (Å²) in [6.45, 7) is 0.0883. The number of amides is 1. The number of sulfonamides is 1. The highest BCUT2D eigenvalue weighted by atomic mass is 79.9. The van der Waals surface area contributed by atoms with Gasteiger partial charge in [-0.05, 0) is 40.9 Å². The van der Waals surface area contributed by atoms with Gasteiger partial charge in [0.25, 0.3) is 0 Å². The van der Waals surface area contributed by atoms with Crippen LogP contribution in [-0.2, 0) is 14.8 Å². The van der Waals surface area contributed by atoms with Crippen molar-refractivity contribution in [2.24, 2.45) is 5.73 Å². The minimum absolute atomic E-state index is 0.0883. The summed E-state index contributed by atoms with van der Waals surface area (Å²) in [6, 6.07) is 2.04. The number of hydrogen-bond donors (Lipinski definition) is 3. The molecule has 0 spiro atoms. The van der Waals surface area contributed by atoms with E-state index < -0.39 is 26.6 Å². The lowest BCUT2D eigenvalue weighted by Gasteiger charge is -2.09. The van der Waals surface area contributed by atoms with Crippen molar-refractivity contribution in [2.75, 3.05) is 12.3 Å². The Bertz CT molecular complexity index is 607. The average Bonchev–Trinajstić information content (AvgIpc) is 2.32. The maximum absolute atomic E-state index is 13.6. The third kappa shape index (κ3) is 4.73. The van der Waals surface area contributed by atoms with Crippen molar-refractivity contribution >= 4 is 37.5 Å². The summed E-state index contributed by atoms with van der Waals surface area (Å²) in [4.78, 5) is 10.0. The van der Waals surface area contributed by atoms with Gasteiger partial charge < -0.3 is 11.5 Å². The Morgan fingerprint density at radius 2 is 2.00 bits per heavy atom. The van der Waals surface area contributed by atoms with Gasteiger partial charge in [0.15, 0.2) is 0 Å². The molecule has 1 amide bonds. The second kappa shape index (κ2) is 7.00. The summed E-state index contributed by atoms with van der Waals surface area (Å²) in [5, 5.41) is 0. The first-order valence-corrected chi connectivity index (χ1v) is 8.04. The van der Waals surface area contributed by atoms with Gasteiger partial charge in [0.2, 0.25) is 15.9 Å². The molecule has 20 heavy (non-hydrogen) atoms. The highest BCUT2D eigenvalue weighted by Crippen LogP contribution is 2.25. The lowest BCUT2D eigenvalue weighted by Crippen LogP contribution is -2.26. The fourth-order valence-corrected chi connectivity index (χ4v) is 2.94. The van der Waals surface area contributed by atoms with E-state index in [4.69, 9.17) is 11.5 Å². The number of unbranched alkanes of at least 4 members (excludes halogenated alkanes) is 1. The van der Waals surface area contributed by atoms with E-state index in [9.17, 15) is 17.6 Å². The number of carbonyl (C=O) groups excluding carboxylic acids is 1. The van der Waals surface area contributed by atoms with Gasteiger partial charge in [0.05, 0.1) is 0 Å². The molecular weight excluding hydrogens is 353 g/mol. The number of anilines is 1. The zero-order valence-corrected chi connectivity index (χ0v) is 12.9. The molecule has 0 heterocycles. The molecule has 112 valence electrons. The Hall–Kier alpha value is -1.19. The SMILES string of the molecule is NC(=O)CCCCNS(=O)(=O)c1cc(N)c(Br)cc1F. The summed E-state index contributed by atoms with van der Waals surface area (Å²) < 4.78 is 40.0. The number of carbonyl (C=O) groups is 1. The number of nitrogens with one attached hydrogen (secondary N) is 1. The highest BCUT2D eigenvalue weighted by Gasteiger charge is 2.20. The van der Waals surface area contributed by atoms with E-state index in [1.54, 1.807) is 0 Å². The van der Waals surface area contributed by atoms with E-state index in [2.05, 4.69) is 20.7 Å². The summed E-state index contributed by atoms with van der Waals surface area (Å²) in [5.74, 6) is -1.34. The molecule has 0 aromatic heterocycles. The highest BCUT2D eigenvalue weighted by molar-refractivity contribution is 9.10. The molecule has 0 aliphatic rings. The predicted molar refractivity (Wildman–Crippen MR) is 76.7 cm³/mol. The number of benzene rings is 1. The van der Waals surface area contributed by atoms with E-state index in [0.717, 1.165) is 12.1 Å². The van der Waals surface area contributed by atoms with Crippen LogP contribution in [0.25, 0.3) is 0 Å². The van der Waals surface area contributed by atoms with Gasteiger partial charge in [-0.15, -0.1) is 0 Å². The molecule has 0 unspecified atom stereocenters. The van der Waals surface area contributed by atoms with Crippen LogP contribution in [0.5, 0.6) is 0 Å². The second-order valence-electron chi connectivity index (χ2n) is 4.13. The number of nitrogen functional groups attached to an aromatic ring is 1. The van der Waals surface area contributed by atoms with Crippen LogP contribution in [0.3, 0.4) is 0 Å². The van der Waals surface area contributed by atoms with E-state index in [1.807, 2.05) is 0 Å². The zero-order chi connectivity index (χ0) is 15.3. The van der Waals surface area contributed by atoms with Gasteiger partial charge in [-0.3, -0.25) is 4.79 Å². The molecular formula is C11H15BrFN3O3S. The third-order valence-corrected chi connectivity index (χ3v) is 4.65. The normalized spacial score (nSPS) is 11.5. The molecule has 0 saturated carbocycles. The minimum Gasteiger partial charge on any atom is -0.398 e. The van der Waals surface area contributed by atoms with Crippen LogP contribution in [0.1, 0.15) is 19.3 Å². The number of nitrogens with two attached hydrogens (primary N) is 2. The monoisotopic (exact) mass is 367 g/mol. The van der Waals surface area contributed by atoms with Crippen molar-refractivity contribution in [3.8, 4) is 0 Å². The molecule has 0 aliphatic heterocycles. The van der Waals surface area contributed by atoms with Crippen molar-refractivity contribution < 1.29 is 17.6 Å². The number of primary amides is 1. The van der Waals surface area contributed by atoms with Crippen LogP contribution in [0.15, 0.2) is 21.5 Å². The standard InChI is InChI=1S/C11H15BrFN3O3S/c12-7-5-8(13)10(6-9(7)14)20(18,19)16-4-2-1-3-11(15)17/h5-6,16H,1-4,14H2,(H2,15,17). The van der Waals surface area contributed by atoms with Crippen LogP contribution in [0.2, 0.25) is 0 Å². The Kier molecular flexibility index (Phi) is 5.90. The maximum atomic E-state index is 13.6. The fourth-order valence-electron chi connectivity index (χ4n) is 1.46. The fraction of sp³-hybridized carbons (Fsp3) is 0.364. The minimum atomic E-state index is -3.97. The Morgan fingerprint density at radius 1 is 1.35 bits per heavy atom. The van der Waals surface area contributed by atoms with Gasteiger partial charge in [0.1, 0.15) is 10.7 Å². The molecule has 0 radical (unpaired) electrons. The average molecular weight is 368 g/mol. The van der Waals surface area contributed by atoms with Crippen molar-refractivity contribution in [3.05, 3.63) is 22.4 Å². The van der Waals surface area contributed by atoms with Crippen LogP contribution in [0.4, 0.5) is 10.1 Å². The summed E-state index contributed by atoms with van der Waals surface area (Å²) >= 11 is 3.01. The molecule has 0 aliphatic carbocycles. The van der Waals surface area contributed by atoms with Crippen molar-refractivity contribution in [1.29, 1.82) is 0 Å². The number of hydrogen-bond acceptors (Lipinski definition) is 4. The Balaban J connectivity index is 2.70. The number of rotatable bonds is 7. The molecule has 1 aromatic rings. The molecule has 0 bridgehead atoms. The van der Waals surface area contributed by atoms with Crippen LogP contribution < -0.4 is 16.2 Å². The molecule has 1 aromatic carbocycles. The molecule has 1 rings (SSSR count). The first-order valence-electron chi connectivity index (χ1n) is 5.76. The largest absolute Gasteiger partial charge is 0.398 e. The Morgan fingerprint density at radius 3 is 2.60 bits per heavy atom. The van der Waals surface area contributed by atoms with E-state index >= 15 is 0 Å². The van der Waals surface area contributed by atoms with Gasteiger partial charge in [0, 0.05) is 23.1 Å². The second-order valence-corrected chi connectivity index (χ2v) is 6.72. The van der Waals surface area contributed by atoms with Crippen molar-refractivity contribution in [1.82, 2.24) is 4.72 Å². The lowest BCUT2D eigenvalue weighted by atomic mass is 10.2. The van der Waals surface area contributed by atoms with E-state index in [0.29, 0.717) is 12.8 Å². The van der Waals surface area contributed by atoms with Gasteiger partial charge in [-0.25, -0.2) is 17.5 Å². The van der Waals surface area contributed by atoms with Crippen LogP contribution in [0, 0.1) is 5.82 Å². The van der Waals surface area contributed by atoms with Crippen LogP contribution in [-0.4, -0.2) is 20.9 Å². The van der Waals surface area contributed by atoms with Gasteiger partial charge in [-0.2, -0.15) is 0 Å².